The fourth-order valence-electron chi connectivity index (χ4n) is 4.26. The second-order valence-corrected chi connectivity index (χ2v) is 7.43. The third-order valence-corrected chi connectivity index (χ3v) is 5.65. The van der Waals surface area contributed by atoms with Crippen LogP contribution in [0.5, 0.6) is 11.5 Å². The molecule has 0 bridgehead atoms. The molecule has 0 unspecified atom stereocenters. The lowest BCUT2D eigenvalue weighted by molar-refractivity contribution is -0.0718. The molecular formula is C20H24N4O2. The minimum atomic E-state index is -0.394. The van der Waals surface area contributed by atoms with E-state index in [-0.39, 0.29) is 0 Å². The summed E-state index contributed by atoms with van der Waals surface area (Å²) in [6.45, 7) is 5.85. The number of ether oxygens (including phenoxy) is 2. The number of nitrogens with zero attached hydrogens (tertiary/aromatic N) is 4. The van der Waals surface area contributed by atoms with Crippen LogP contribution in [0.1, 0.15) is 31.2 Å². The molecule has 0 atom stereocenters. The highest BCUT2D eigenvalue weighted by Gasteiger charge is 2.44. The Kier molecular flexibility index (Phi) is 3.65. The van der Waals surface area contributed by atoms with Gasteiger partial charge in [-0.3, -0.25) is 0 Å². The van der Waals surface area contributed by atoms with E-state index >= 15 is 0 Å². The van der Waals surface area contributed by atoms with Gasteiger partial charge in [-0.05, 0) is 37.5 Å². The minimum Gasteiger partial charge on any atom is -0.448 e. The molecule has 2 fully saturated rings. The minimum absolute atomic E-state index is 0.394. The van der Waals surface area contributed by atoms with E-state index in [1.54, 1.807) is 12.4 Å². The molecule has 5 rings (SSSR count). The quantitative estimate of drug-likeness (QED) is 0.828. The van der Waals surface area contributed by atoms with Crippen molar-refractivity contribution in [1.82, 2.24) is 9.97 Å². The molecule has 1 aliphatic carbocycles. The fourth-order valence-corrected chi connectivity index (χ4v) is 4.26. The van der Waals surface area contributed by atoms with Gasteiger partial charge in [-0.15, -0.1) is 0 Å². The van der Waals surface area contributed by atoms with E-state index in [9.17, 15) is 0 Å². The summed E-state index contributed by atoms with van der Waals surface area (Å²) in [6, 6.07) is 6.24. The Morgan fingerprint density at radius 2 is 1.62 bits per heavy atom. The number of benzene rings is 1. The zero-order chi connectivity index (χ0) is 17.6. The summed E-state index contributed by atoms with van der Waals surface area (Å²) in [4.78, 5) is 13.4. The molecular weight excluding hydrogens is 328 g/mol. The van der Waals surface area contributed by atoms with Gasteiger partial charge in [0.05, 0.1) is 0 Å². The highest BCUT2D eigenvalue weighted by Crippen LogP contribution is 2.49. The summed E-state index contributed by atoms with van der Waals surface area (Å²) in [5.74, 6) is 2.27. The molecule has 1 aromatic heterocycles. The maximum Gasteiger partial charge on any atom is 0.251 e. The van der Waals surface area contributed by atoms with E-state index < -0.39 is 5.79 Å². The van der Waals surface area contributed by atoms with Crippen LogP contribution < -0.4 is 19.3 Å². The van der Waals surface area contributed by atoms with Crippen molar-refractivity contribution in [3.63, 3.8) is 0 Å². The first-order valence-electron chi connectivity index (χ1n) is 9.52. The van der Waals surface area contributed by atoms with Crippen molar-refractivity contribution in [3.8, 4) is 11.5 Å². The summed E-state index contributed by atoms with van der Waals surface area (Å²) >= 11 is 0. The van der Waals surface area contributed by atoms with Crippen LogP contribution in [0.25, 0.3) is 0 Å². The van der Waals surface area contributed by atoms with Crippen LogP contribution in [0.2, 0.25) is 0 Å². The summed E-state index contributed by atoms with van der Waals surface area (Å²) < 4.78 is 12.5. The van der Waals surface area contributed by atoms with E-state index in [4.69, 9.17) is 9.47 Å². The summed E-state index contributed by atoms with van der Waals surface area (Å²) in [7, 11) is 0. The number of anilines is 2. The smallest absolute Gasteiger partial charge is 0.251 e. The van der Waals surface area contributed by atoms with Crippen molar-refractivity contribution in [2.24, 2.45) is 0 Å². The van der Waals surface area contributed by atoms with Crippen LogP contribution in [0.15, 0.2) is 30.6 Å². The SMILES string of the molecule is Cc1cc(N2CCN(c3ncccn3)CC2)cc2c1OC1(CCCC1)O2. The van der Waals surface area contributed by atoms with Gasteiger partial charge in [0.15, 0.2) is 11.5 Å². The molecule has 1 saturated carbocycles. The molecule has 1 spiro atoms. The van der Waals surface area contributed by atoms with Gasteiger partial charge in [0.2, 0.25) is 5.95 Å². The zero-order valence-electron chi connectivity index (χ0n) is 15.1. The van der Waals surface area contributed by atoms with Gasteiger partial charge in [0.25, 0.3) is 5.79 Å². The lowest BCUT2D eigenvalue weighted by Crippen LogP contribution is -2.47. The number of fused-ring (bicyclic) bond motifs is 1. The number of aryl methyl sites for hydroxylation is 1. The molecule has 0 N–H and O–H groups in total. The largest absolute Gasteiger partial charge is 0.448 e. The van der Waals surface area contributed by atoms with Crippen LogP contribution in [0, 0.1) is 6.92 Å². The maximum atomic E-state index is 6.28. The Morgan fingerprint density at radius 1 is 0.923 bits per heavy atom. The predicted octanol–water partition coefficient (Wildman–Crippen LogP) is 3.15. The molecule has 26 heavy (non-hydrogen) atoms. The van der Waals surface area contributed by atoms with Crippen LogP contribution in [0.3, 0.4) is 0 Å². The van der Waals surface area contributed by atoms with Gasteiger partial charge in [0, 0.05) is 63.2 Å². The van der Waals surface area contributed by atoms with Crippen LogP contribution in [0.4, 0.5) is 11.6 Å². The molecule has 3 heterocycles. The highest BCUT2D eigenvalue weighted by molar-refractivity contribution is 5.62. The maximum absolute atomic E-state index is 6.28. The Morgan fingerprint density at radius 3 is 2.35 bits per heavy atom. The van der Waals surface area contributed by atoms with Gasteiger partial charge in [-0.1, -0.05) is 0 Å². The number of aromatic nitrogens is 2. The van der Waals surface area contributed by atoms with E-state index in [1.165, 1.54) is 18.5 Å². The predicted molar refractivity (Wildman–Crippen MR) is 100 cm³/mol. The summed E-state index contributed by atoms with van der Waals surface area (Å²) in [5.41, 5.74) is 2.38. The molecule has 6 nitrogen and oxygen atoms in total. The fraction of sp³-hybridized carbons (Fsp3) is 0.500. The lowest BCUT2D eigenvalue weighted by atomic mass is 10.1. The van der Waals surface area contributed by atoms with Gasteiger partial charge in [-0.25, -0.2) is 9.97 Å². The van der Waals surface area contributed by atoms with Gasteiger partial charge >= 0.3 is 0 Å². The van der Waals surface area contributed by atoms with Gasteiger partial charge in [0.1, 0.15) is 0 Å². The second-order valence-electron chi connectivity index (χ2n) is 7.43. The standard InChI is InChI=1S/C20H24N4O2/c1-15-13-16(14-17-18(15)26-20(25-17)5-2-3-6-20)23-9-11-24(12-10-23)19-21-7-4-8-22-19/h4,7-8,13-14H,2-3,5-6,9-12H2,1H3. The third kappa shape index (κ3) is 2.64. The van der Waals surface area contributed by atoms with Crippen molar-refractivity contribution in [3.05, 3.63) is 36.2 Å². The molecule has 1 aromatic carbocycles. The van der Waals surface area contributed by atoms with Crippen molar-refractivity contribution in [1.29, 1.82) is 0 Å². The van der Waals surface area contributed by atoms with E-state index in [2.05, 4.69) is 38.8 Å². The number of hydrogen-bond acceptors (Lipinski definition) is 6. The van der Waals surface area contributed by atoms with E-state index in [1.807, 2.05) is 6.07 Å². The van der Waals surface area contributed by atoms with Crippen molar-refractivity contribution in [2.45, 2.75) is 38.4 Å². The van der Waals surface area contributed by atoms with E-state index in [0.29, 0.717) is 0 Å². The van der Waals surface area contributed by atoms with Gasteiger partial charge < -0.3 is 19.3 Å². The van der Waals surface area contributed by atoms with Crippen LogP contribution in [-0.2, 0) is 0 Å². The third-order valence-electron chi connectivity index (χ3n) is 5.65. The Labute approximate surface area is 153 Å². The zero-order valence-corrected chi connectivity index (χ0v) is 15.1. The molecule has 6 heteroatoms. The van der Waals surface area contributed by atoms with Crippen molar-refractivity contribution >= 4 is 11.6 Å². The molecule has 2 aromatic rings. The first kappa shape index (κ1) is 15.7. The number of hydrogen-bond donors (Lipinski definition) is 0. The van der Waals surface area contributed by atoms with Crippen LogP contribution >= 0.6 is 0 Å². The molecule has 3 aliphatic rings. The first-order chi connectivity index (χ1) is 12.7. The molecule has 0 radical (unpaired) electrons. The lowest BCUT2D eigenvalue weighted by Gasteiger charge is -2.36. The number of rotatable bonds is 2. The summed E-state index contributed by atoms with van der Waals surface area (Å²) in [6.07, 6.45) is 7.95. The normalized spacial score (nSPS) is 20.8. The van der Waals surface area contributed by atoms with Gasteiger partial charge in [-0.2, -0.15) is 0 Å². The molecule has 136 valence electrons. The topological polar surface area (TPSA) is 50.7 Å². The monoisotopic (exact) mass is 352 g/mol. The molecule has 1 saturated heterocycles. The van der Waals surface area contributed by atoms with Crippen molar-refractivity contribution < 1.29 is 9.47 Å². The highest BCUT2D eigenvalue weighted by atomic mass is 16.7. The molecule has 2 aliphatic heterocycles. The van der Waals surface area contributed by atoms with Crippen LogP contribution in [-0.4, -0.2) is 41.9 Å². The second kappa shape index (κ2) is 6.04. The van der Waals surface area contributed by atoms with E-state index in [0.717, 1.165) is 62.0 Å². The average Bonchev–Trinajstić information content (AvgIpc) is 3.29. The average molecular weight is 352 g/mol. The summed E-state index contributed by atoms with van der Waals surface area (Å²) in [5, 5.41) is 0. The Hall–Kier alpha value is -2.50. The molecule has 0 amide bonds. The first-order valence-corrected chi connectivity index (χ1v) is 9.52. The Bertz CT molecular complexity index is 797. The number of piperazine rings is 1. The van der Waals surface area contributed by atoms with Crippen molar-refractivity contribution in [2.75, 3.05) is 36.0 Å². The Balaban J connectivity index is 1.32.